The van der Waals surface area contributed by atoms with E-state index in [2.05, 4.69) is 25.1 Å². The van der Waals surface area contributed by atoms with Crippen molar-refractivity contribution in [3.63, 3.8) is 0 Å². The fourth-order valence-electron chi connectivity index (χ4n) is 4.26. The smallest absolute Gasteiger partial charge is 0.328 e. The maximum atomic E-state index is 14.8. The molecule has 2 N–H and O–H groups in total. The fraction of sp³-hybridized carbons (Fsp3) is 0.391. The van der Waals surface area contributed by atoms with Gasteiger partial charge in [-0.1, -0.05) is 0 Å². The average molecular weight is 455 g/mol. The number of hydrogen-bond donors (Lipinski definition) is 2. The summed E-state index contributed by atoms with van der Waals surface area (Å²) < 4.78 is 15.9. The van der Waals surface area contributed by atoms with Crippen molar-refractivity contribution < 1.29 is 9.18 Å². The zero-order chi connectivity index (χ0) is 23.7. The maximum absolute atomic E-state index is 14.8. The Hall–Kier alpha value is -3.53. The first-order valence-corrected chi connectivity index (χ1v) is 10.9. The molecule has 0 unspecified atom stereocenters. The summed E-state index contributed by atoms with van der Waals surface area (Å²) in [6, 6.07) is 6.40. The van der Waals surface area contributed by atoms with Crippen LogP contribution in [-0.2, 0) is 13.1 Å². The van der Waals surface area contributed by atoms with E-state index >= 15 is 0 Å². The highest BCUT2D eigenvalue weighted by Crippen LogP contribution is 2.22. The number of aryl methyl sites for hydroxylation is 1. The Balaban J connectivity index is 1.48. The van der Waals surface area contributed by atoms with Gasteiger partial charge in [-0.3, -0.25) is 19.1 Å². The quantitative estimate of drug-likeness (QED) is 0.601. The topological polar surface area (TPSA) is 103 Å². The van der Waals surface area contributed by atoms with Gasteiger partial charge in [0.15, 0.2) is 0 Å². The minimum Gasteiger partial charge on any atom is -0.368 e. The number of aromatic nitrogens is 3. The molecule has 1 saturated heterocycles. The molecule has 0 aliphatic carbocycles. The molecule has 0 atom stereocenters. The molecule has 3 heterocycles. The Morgan fingerprint density at radius 2 is 1.91 bits per heavy atom. The number of carbonyl (C=O) groups is 1. The van der Waals surface area contributed by atoms with E-state index in [0.29, 0.717) is 36.4 Å². The summed E-state index contributed by atoms with van der Waals surface area (Å²) >= 11 is 0. The summed E-state index contributed by atoms with van der Waals surface area (Å²) in [5.41, 5.74) is 1.95. The maximum Gasteiger partial charge on any atom is 0.328 e. The number of carbonyl (C=O) groups excluding carboxylic acids is 1. The number of nitrogens with one attached hydrogen (secondary N) is 2. The number of anilines is 1. The summed E-state index contributed by atoms with van der Waals surface area (Å²) in [7, 11) is 1.57. The summed E-state index contributed by atoms with van der Waals surface area (Å²) in [5, 5.41) is 2.75. The van der Waals surface area contributed by atoms with Gasteiger partial charge in [-0.25, -0.2) is 14.2 Å². The monoisotopic (exact) mass is 454 g/mol. The van der Waals surface area contributed by atoms with Crippen molar-refractivity contribution in [2.75, 3.05) is 38.1 Å². The van der Waals surface area contributed by atoms with Crippen LogP contribution in [0.25, 0.3) is 10.9 Å². The molecular formula is C23H27FN6O3. The molecule has 1 fully saturated rings. The number of amides is 1. The molecule has 3 aromatic rings. The number of pyridine rings is 1. The van der Waals surface area contributed by atoms with Gasteiger partial charge in [0.1, 0.15) is 11.5 Å². The first-order valence-electron chi connectivity index (χ1n) is 10.9. The number of H-pyrrole nitrogens is 1. The van der Waals surface area contributed by atoms with Crippen LogP contribution < -0.4 is 21.5 Å². The fourth-order valence-corrected chi connectivity index (χ4v) is 4.26. The van der Waals surface area contributed by atoms with E-state index in [-0.39, 0.29) is 17.8 Å². The van der Waals surface area contributed by atoms with Crippen molar-refractivity contribution >= 4 is 22.5 Å². The van der Waals surface area contributed by atoms with Crippen LogP contribution in [0.3, 0.4) is 0 Å². The first-order chi connectivity index (χ1) is 15.8. The number of hydrogen-bond acceptors (Lipinski definition) is 6. The summed E-state index contributed by atoms with van der Waals surface area (Å²) in [6.45, 7) is 7.06. The van der Waals surface area contributed by atoms with Crippen LogP contribution in [0.15, 0.2) is 33.9 Å². The Morgan fingerprint density at radius 1 is 1.18 bits per heavy atom. The molecule has 1 aliphatic heterocycles. The Labute approximate surface area is 189 Å². The van der Waals surface area contributed by atoms with Gasteiger partial charge in [-0.05, 0) is 38.1 Å². The van der Waals surface area contributed by atoms with Crippen LogP contribution in [0.5, 0.6) is 0 Å². The highest BCUT2D eigenvalue weighted by atomic mass is 19.1. The van der Waals surface area contributed by atoms with E-state index in [1.54, 1.807) is 26.1 Å². The van der Waals surface area contributed by atoms with Crippen LogP contribution >= 0.6 is 0 Å². The number of nitrogens with zero attached hydrogens (tertiary/aromatic N) is 4. The molecule has 0 bridgehead atoms. The predicted octanol–water partition coefficient (Wildman–Crippen LogP) is 1.23. The number of rotatable bonds is 5. The SMILES string of the molecule is CCn1c(=O)[nH]c2cc(CN3CCN(c4ccc(C(=O)NC)nc4C)CC3)c(F)cc2c1=O. The number of fused-ring (bicyclic) bond motifs is 1. The van der Waals surface area contributed by atoms with Gasteiger partial charge in [-0.15, -0.1) is 0 Å². The second-order valence-electron chi connectivity index (χ2n) is 8.11. The molecule has 1 aromatic carbocycles. The minimum absolute atomic E-state index is 0.172. The summed E-state index contributed by atoms with van der Waals surface area (Å²) in [4.78, 5) is 47.8. The van der Waals surface area contributed by atoms with Gasteiger partial charge in [0.05, 0.1) is 22.3 Å². The molecule has 1 amide bonds. The third kappa shape index (κ3) is 4.38. The van der Waals surface area contributed by atoms with Crippen LogP contribution in [0.2, 0.25) is 0 Å². The molecule has 33 heavy (non-hydrogen) atoms. The summed E-state index contributed by atoms with van der Waals surface area (Å²) in [6.07, 6.45) is 0. The second-order valence-corrected chi connectivity index (χ2v) is 8.11. The van der Waals surface area contributed by atoms with Crippen molar-refractivity contribution in [3.05, 3.63) is 67.9 Å². The Morgan fingerprint density at radius 3 is 2.55 bits per heavy atom. The predicted molar refractivity (Wildman–Crippen MR) is 124 cm³/mol. The third-order valence-electron chi connectivity index (χ3n) is 6.09. The van der Waals surface area contributed by atoms with Crippen molar-refractivity contribution in [2.24, 2.45) is 0 Å². The van der Waals surface area contributed by atoms with Crippen LogP contribution in [0.4, 0.5) is 10.1 Å². The molecular weight excluding hydrogens is 427 g/mol. The van der Waals surface area contributed by atoms with Gasteiger partial charge < -0.3 is 15.2 Å². The van der Waals surface area contributed by atoms with E-state index in [9.17, 15) is 18.8 Å². The second kappa shape index (κ2) is 9.14. The van der Waals surface area contributed by atoms with Gasteiger partial charge in [0, 0.05) is 51.9 Å². The minimum atomic E-state index is -0.493. The zero-order valence-electron chi connectivity index (χ0n) is 18.9. The molecule has 1 aliphatic rings. The van der Waals surface area contributed by atoms with E-state index in [1.165, 1.54) is 6.07 Å². The molecule has 9 nitrogen and oxygen atoms in total. The zero-order valence-corrected chi connectivity index (χ0v) is 18.9. The standard InChI is InChI=1S/C23H27FN6O3/c1-4-30-22(32)16-12-17(24)15(11-19(16)27-23(30)33)13-28-7-9-29(10-8-28)20-6-5-18(21(31)25-3)26-14(20)2/h5-6,11-12H,4,7-10,13H2,1-3H3,(H,25,31)(H,27,33). The molecule has 10 heteroatoms. The first kappa shape index (κ1) is 22.7. The molecule has 174 valence electrons. The molecule has 2 aromatic heterocycles. The van der Waals surface area contributed by atoms with Gasteiger partial charge in [0.25, 0.3) is 11.5 Å². The molecule has 0 saturated carbocycles. The number of aromatic amines is 1. The summed E-state index contributed by atoms with van der Waals surface area (Å²) in [5.74, 6) is -0.677. The van der Waals surface area contributed by atoms with Crippen molar-refractivity contribution in [2.45, 2.75) is 26.9 Å². The lowest BCUT2D eigenvalue weighted by Crippen LogP contribution is -2.46. The van der Waals surface area contributed by atoms with E-state index in [0.717, 1.165) is 29.0 Å². The van der Waals surface area contributed by atoms with Gasteiger partial charge in [0.2, 0.25) is 0 Å². The lowest BCUT2D eigenvalue weighted by molar-refractivity contribution is 0.0958. The van der Waals surface area contributed by atoms with Crippen molar-refractivity contribution in [1.29, 1.82) is 0 Å². The highest BCUT2D eigenvalue weighted by molar-refractivity contribution is 5.92. The largest absolute Gasteiger partial charge is 0.368 e. The van der Waals surface area contributed by atoms with E-state index in [4.69, 9.17) is 0 Å². The van der Waals surface area contributed by atoms with Gasteiger partial charge in [-0.2, -0.15) is 0 Å². The van der Waals surface area contributed by atoms with E-state index in [1.807, 2.05) is 13.0 Å². The Kier molecular flexibility index (Phi) is 6.28. The number of halogens is 1. The Bertz CT molecular complexity index is 1320. The number of benzene rings is 1. The van der Waals surface area contributed by atoms with Crippen LogP contribution in [0, 0.1) is 12.7 Å². The average Bonchev–Trinajstić information content (AvgIpc) is 2.80. The molecule has 0 spiro atoms. The molecule has 4 rings (SSSR count). The third-order valence-corrected chi connectivity index (χ3v) is 6.09. The van der Waals surface area contributed by atoms with Crippen LogP contribution in [-0.4, -0.2) is 58.6 Å². The van der Waals surface area contributed by atoms with Crippen molar-refractivity contribution in [3.8, 4) is 0 Å². The lowest BCUT2D eigenvalue weighted by Gasteiger charge is -2.36. The highest BCUT2D eigenvalue weighted by Gasteiger charge is 2.21. The lowest BCUT2D eigenvalue weighted by atomic mass is 10.1. The van der Waals surface area contributed by atoms with Gasteiger partial charge >= 0.3 is 5.69 Å². The van der Waals surface area contributed by atoms with Crippen molar-refractivity contribution in [1.82, 2.24) is 24.8 Å². The normalized spacial score (nSPS) is 14.6. The van der Waals surface area contributed by atoms with E-state index < -0.39 is 17.1 Å². The number of piperazine rings is 1. The molecule has 0 radical (unpaired) electrons. The van der Waals surface area contributed by atoms with Crippen LogP contribution in [0.1, 0.15) is 28.7 Å².